The first-order chi connectivity index (χ1) is 35.0. The van der Waals surface area contributed by atoms with Crippen molar-refractivity contribution in [1.82, 2.24) is 5.32 Å². The standard InChI is InChI=1S/C65H125NO5/c1-3-5-7-9-11-13-15-17-19-21-23-24-25-26-29-33-37-41-45-49-53-57-63(68)62(61-67)66-64(69)58-54-50-46-42-38-34-30-28-32-36-40-44-48-52-56-60-71-65(70)59-55-51-47-43-39-35-31-27-22-20-18-16-14-12-10-8-6-4-2/h20,22,32,36,62-63,67-68H,3-19,21,23-31,33-35,37-61H2,1-2H3,(H,66,69)/b22-20-,36-32-. The fraction of sp³-hybridized carbons (Fsp3) is 0.908. The Labute approximate surface area is 443 Å². The molecule has 0 heterocycles. The van der Waals surface area contributed by atoms with E-state index in [4.69, 9.17) is 4.74 Å². The predicted molar refractivity (Wildman–Crippen MR) is 310 cm³/mol. The van der Waals surface area contributed by atoms with Crippen LogP contribution in [-0.4, -0.2) is 47.4 Å². The molecular weight excluding hydrogens is 875 g/mol. The van der Waals surface area contributed by atoms with E-state index in [9.17, 15) is 19.8 Å². The highest BCUT2D eigenvalue weighted by Gasteiger charge is 2.20. The van der Waals surface area contributed by atoms with Crippen molar-refractivity contribution >= 4 is 11.9 Å². The highest BCUT2D eigenvalue weighted by Crippen LogP contribution is 2.18. The average Bonchev–Trinajstić information content (AvgIpc) is 3.37. The minimum absolute atomic E-state index is 0.0120. The van der Waals surface area contributed by atoms with Gasteiger partial charge in [-0.1, -0.05) is 289 Å². The number of hydrogen-bond acceptors (Lipinski definition) is 5. The van der Waals surface area contributed by atoms with Gasteiger partial charge in [0, 0.05) is 12.8 Å². The number of esters is 1. The third-order valence-electron chi connectivity index (χ3n) is 15.0. The Morgan fingerprint density at radius 1 is 0.380 bits per heavy atom. The lowest BCUT2D eigenvalue weighted by Crippen LogP contribution is -2.45. The Bertz CT molecular complexity index is 1110. The number of rotatable bonds is 60. The molecule has 0 aliphatic carbocycles. The van der Waals surface area contributed by atoms with Crippen LogP contribution >= 0.6 is 0 Å². The quantitative estimate of drug-likeness (QED) is 0.0320. The second kappa shape index (κ2) is 60.9. The number of allylic oxidation sites excluding steroid dienone is 4. The number of unbranched alkanes of at least 4 members (excludes halogenated alkanes) is 45. The van der Waals surface area contributed by atoms with Gasteiger partial charge in [-0.05, 0) is 77.0 Å². The molecule has 0 radical (unpaired) electrons. The predicted octanol–water partition coefficient (Wildman–Crippen LogP) is 20.2. The van der Waals surface area contributed by atoms with Gasteiger partial charge < -0.3 is 20.3 Å². The lowest BCUT2D eigenvalue weighted by Gasteiger charge is -2.22. The van der Waals surface area contributed by atoms with Gasteiger partial charge in [-0.2, -0.15) is 0 Å². The average molecular weight is 1000 g/mol. The SMILES string of the molecule is CCCCCCCCC/C=C\CCCCCCCCCC(=O)OCCCCCC/C=C\CCCCCCCCCC(=O)NC(CO)C(O)CCCCCCCCCCCCCCCCCCCCCCC. The zero-order valence-electron chi connectivity index (χ0n) is 48.0. The summed E-state index contributed by atoms with van der Waals surface area (Å²) in [5.74, 6) is -0.0589. The summed E-state index contributed by atoms with van der Waals surface area (Å²) in [6.07, 6.45) is 74.7. The minimum atomic E-state index is -0.675. The summed E-state index contributed by atoms with van der Waals surface area (Å²) in [6.45, 7) is 4.94. The van der Waals surface area contributed by atoms with Crippen molar-refractivity contribution in [3.8, 4) is 0 Å². The summed E-state index contributed by atoms with van der Waals surface area (Å²) >= 11 is 0. The molecule has 0 saturated heterocycles. The molecule has 0 spiro atoms. The smallest absolute Gasteiger partial charge is 0.305 e. The lowest BCUT2D eigenvalue weighted by molar-refractivity contribution is -0.143. The number of aliphatic hydroxyl groups excluding tert-OH is 2. The van der Waals surface area contributed by atoms with Crippen LogP contribution in [0.5, 0.6) is 0 Å². The monoisotopic (exact) mass is 1000 g/mol. The first-order valence-electron chi connectivity index (χ1n) is 32.1. The Morgan fingerprint density at radius 3 is 1.00 bits per heavy atom. The van der Waals surface area contributed by atoms with Crippen molar-refractivity contribution in [3.63, 3.8) is 0 Å². The van der Waals surface area contributed by atoms with E-state index >= 15 is 0 Å². The number of carbonyl (C=O) groups excluding carboxylic acids is 2. The number of ether oxygens (including phenoxy) is 1. The van der Waals surface area contributed by atoms with Gasteiger partial charge in [0.25, 0.3) is 0 Å². The molecular formula is C65H125NO5. The maximum Gasteiger partial charge on any atom is 0.305 e. The highest BCUT2D eigenvalue weighted by atomic mass is 16.5. The van der Waals surface area contributed by atoms with Crippen molar-refractivity contribution < 1.29 is 24.5 Å². The molecule has 0 aliphatic heterocycles. The van der Waals surface area contributed by atoms with E-state index in [0.29, 0.717) is 25.9 Å². The molecule has 2 atom stereocenters. The van der Waals surface area contributed by atoms with Crippen LogP contribution in [-0.2, 0) is 14.3 Å². The van der Waals surface area contributed by atoms with E-state index in [2.05, 4.69) is 43.5 Å². The number of hydrogen-bond donors (Lipinski definition) is 3. The molecule has 0 aliphatic rings. The normalized spacial score (nSPS) is 12.7. The molecule has 71 heavy (non-hydrogen) atoms. The van der Waals surface area contributed by atoms with Crippen LogP contribution in [0.2, 0.25) is 0 Å². The molecule has 0 aromatic carbocycles. The Morgan fingerprint density at radius 2 is 0.662 bits per heavy atom. The largest absolute Gasteiger partial charge is 0.466 e. The maximum atomic E-state index is 12.5. The Kier molecular flexibility index (Phi) is 59.5. The topological polar surface area (TPSA) is 95.9 Å². The van der Waals surface area contributed by atoms with E-state index in [1.54, 1.807) is 0 Å². The van der Waals surface area contributed by atoms with Gasteiger partial charge in [0.05, 0.1) is 25.4 Å². The third-order valence-corrected chi connectivity index (χ3v) is 15.0. The van der Waals surface area contributed by atoms with Crippen LogP contribution in [0.15, 0.2) is 24.3 Å². The van der Waals surface area contributed by atoms with Gasteiger partial charge in [0.1, 0.15) is 0 Å². The first kappa shape index (κ1) is 69.3. The summed E-state index contributed by atoms with van der Waals surface area (Å²) in [4.78, 5) is 24.6. The van der Waals surface area contributed by atoms with Gasteiger partial charge in [-0.15, -0.1) is 0 Å². The van der Waals surface area contributed by atoms with Gasteiger partial charge in [-0.25, -0.2) is 0 Å². The van der Waals surface area contributed by atoms with Crippen molar-refractivity contribution in [2.75, 3.05) is 13.2 Å². The van der Waals surface area contributed by atoms with Crippen molar-refractivity contribution in [2.24, 2.45) is 0 Å². The van der Waals surface area contributed by atoms with Crippen molar-refractivity contribution in [2.45, 2.75) is 366 Å². The number of carbonyl (C=O) groups is 2. The lowest BCUT2D eigenvalue weighted by atomic mass is 10.0. The fourth-order valence-corrected chi connectivity index (χ4v) is 10.0. The molecule has 0 saturated carbocycles. The second-order valence-corrected chi connectivity index (χ2v) is 22.1. The third kappa shape index (κ3) is 57.5. The summed E-state index contributed by atoms with van der Waals surface area (Å²) in [7, 11) is 0. The van der Waals surface area contributed by atoms with E-state index in [1.807, 2.05) is 0 Å². The molecule has 420 valence electrons. The summed E-state index contributed by atoms with van der Waals surface area (Å²) < 4.78 is 5.48. The van der Waals surface area contributed by atoms with E-state index in [0.717, 1.165) is 70.6 Å². The van der Waals surface area contributed by atoms with Gasteiger partial charge in [0.15, 0.2) is 0 Å². The zero-order chi connectivity index (χ0) is 51.4. The maximum absolute atomic E-state index is 12.5. The zero-order valence-corrected chi connectivity index (χ0v) is 48.0. The van der Waals surface area contributed by atoms with Gasteiger partial charge in [0.2, 0.25) is 5.91 Å². The molecule has 0 fully saturated rings. The van der Waals surface area contributed by atoms with E-state index in [1.165, 1.54) is 250 Å². The van der Waals surface area contributed by atoms with E-state index < -0.39 is 12.1 Å². The van der Waals surface area contributed by atoms with Crippen LogP contribution in [0.25, 0.3) is 0 Å². The molecule has 0 bridgehead atoms. The molecule has 0 rings (SSSR count). The van der Waals surface area contributed by atoms with Crippen LogP contribution in [0, 0.1) is 0 Å². The molecule has 2 unspecified atom stereocenters. The fourth-order valence-electron chi connectivity index (χ4n) is 10.0. The number of aliphatic hydroxyl groups is 2. The molecule has 6 heteroatoms. The summed E-state index contributed by atoms with van der Waals surface area (Å²) in [6, 6.07) is -0.554. The summed E-state index contributed by atoms with van der Waals surface area (Å²) in [5.41, 5.74) is 0. The number of nitrogens with one attached hydrogen (secondary N) is 1. The van der Waals surface area contributed by atoms with Crippen molar-refractivity contribution in [3.05, 3.63) is 24.3 Å². The molecule has 6 nitrogen and oxygen atoms in total. The Balaban J connectivity index is 3.45. The van der Waals surface area contributed by atoms with Crippen LogP contribution < -0.4 is 5.32 Å². The van der Waals surface area contributed by atoms with Crippen molar-refractivity contribution in [1.29, 1.82) is 0 Å². The molecule has 3 N–H and O–H groups in total. The van der Waals surface area contributed by atoms with Gasteiger partial charge >= 0.3 is 5.97 Å². The van der Waals surface area contributed by atoms with Crippen LogP contribution in [0.4, 0.5) is 0 Å². The molecule has 1 amide bonds. The summed E-state index contributed by atoms with van der Waals surface area (Å²) in [5, 5.41) is 23.4. The number of amides is 1. The van der Waals surface area contributed by atoms with Crippen LogP contribution in [0.3, 0.4) is 0 Å². The second-order valence-electron chi connectivity index (χ2n) is 22.1. The molecule has 0 aromatic heterocycles. The minimum Gasteiger partial charge on any atom is -0.466 e. The van der Waals surface area contributed by atoms with E-state index in [-0.39, 0.29) is 18.5 Å². The van der Waals surface area contributed by atoms with Gasteiger partial charge in [-0.3, -0.25) is 9.59 Å². The Hall–Kier alpha value is -1.66. The first-order valence-corrected chi connectivity index (χ1v) is 32.1. The van der Waals surface area contributed by atoms with Crippen LogP contribution in [0.1, 0.15) is 354 Å². The highest BCUT2D eigenvalue weighted by molar-refractivity contribution is 5.76. The molecule has 0 aromatic rings.